The van der Waals surface area contributed by atoms with E-state index in [0.29, 0.717) is 28.3 Å². The molecule has 29 heavy (non-hydrogen) atoms. The lowest BCUT2D eigenvalue weighted by Crippen LogP contribution is -1.97. The van der Waals surface area contributed by atoms with Crippen molar-refractivity contribution in [2.45, 2.75) is 24.3 Å². The third-order valence-corrected chi connectivity index (χ3v) is 5.45. The molecule has 4 aromatic rings. The first kappa shape index (κ1) is 18.9. The van der Waals surface area contributed by atoms with Crippen LogP contribution in [0.4, 0.5) is 5.69 Å². The summed E-state index contributed by atoms with van der Waals surface area (Å²) in [5, 5.41) is 28.0. The number of furan rings is 1. The second-order valence-corrected chi connectivity index (χ2v) is 7.57. The fourth-order valence-corrected chi connectivity index (χ4v) is 3.56. The smallest absolute Gasteiger partial charge is 0.269 e. The van der Waals surface area contributed by atoms with Crippen LogP contribution in [0.2, 0.25) is 0 Å². The van der Waals surface area contributed by atoms with Crippen LogP contribution < -0.4 is 0 Å². The van der Waals surface area contributed by atoms with E-state index in [1.165, 1.54) is 23.9 Å². The molecule has 0 N–H and O–H groups in total. The maximum atomic E-state index is 10.8. The molecule has 11 heteroatoms. The molecule has 1 atom stereocenters. The van der Waals surface area contributed by atoms with Crippen molar-refractivity contribution in [2.75, 3.05) is 0 Å². The van der Waals surface area contributed by atoms with Gasteiger partial charge in [0.1, 0.15) is 5.76 Å². The summed E-state index contributed by atoms with van der Waals surface area (Å²) in [6, 6.07) is 7.81. The highest BCUT2D eigenvalue weighted by atomic mass is 32.2. The average molecular weight is 412 g/mol. The highest BCUT2D eigenvalue weighted by molar-refractivity contribution is 7.99. The number of non-ortho nitro benzene ring substituents is 1. The van der Waals surface area contributed by atoms with E-state index in [2.05, 4.69) is 20.4 Å². The topological polar surface area (TPSA) is 126 Å². The van der Waals surface area contributed by atoms with Crippen molar-refractivity contribution < 1.29 is 13.8 Å². The molecule has 0 saturated heterocycles. The fourth-order valence-electron chi connectivity index (χ4n) is 2.72. The number of hydrogen-bond donors (Lipinski definition) is 0. The van der Waals surface area contributed by atoms with Gasteiger partial charge in [-0.25, -0.2) is 0 Å². The molecule has 4 rings (SSSR count). The van der Waals surface area contributed by atoms with Crippen molar-refractivity contribution >= 4 is 17.4 Å². The van der Waals surface area contributed by atoms with E-state index >= 15 is 0 Å². The van der Waals surface area contributed by atoms with Gasteiger partial charge in [-0.1, -0.05) is 11.8 Å². The van der Waals surface area contributed by atoms with Gasteiger partial charge in [0.15, 0.2) is 11.0 Å². The number of thioether (sulfide) groups is 1. The summed E-state index contributed by atoms with van der Waals surface area (Å²) < 4.78 is 13.0. The first-order valence-corrected chi connectivity index (χ1v) is 9.50. The summed E-state index contributed by atoms with van der Waals surface area (Å²) in [4.78, 5) is 10.3. The number of aromatic nitrogens is 5. The van der Waals surface area contributed by atoms with Gasteiger partial charge < -0.3 is 13.4 Å². The van der Waals surface area contributed by atoms with E-state index in [9.17, 15) is 10.1 Å². The Kier molecular flexibility index (Phi) is 4.89. The van der Waals surface area contributed by atoms with Gasteiger partial charge in [-0.3, -0.25) is 10.1 Å². The van der Waals surface area contributed by atoms with Gasteiger partial charge in [-0.15, -0.1) is 20.4 Å². The van der Waals surface area contributed by atoms with Crippen LogP contribution in [0, 0.1) is 17.0 Å². The molecule has 1 unspecified atom stereocenters. The number of nitro benzene ring substituents is 1. The Bertz CT molecular complexity index is 1160. The number of hydrogen-bond acceptors (Lipinski definition) is 9. The van der Waals surface area contributed by atoms with Crippen molar-refractivity contribution in [3.8, 4) is 22.8 Å². The van der Waals surface area contributed by atoms with Crippen LogP contribution in [0.1, 0.15) is 23.8 Å². The zero-order chi connectivity index (χ0) is 20.5. The molecule has 1 aromatic carbocycles. The molecule has 148 valence electrons. The molecular weight excluding hydrogens is 396 g/mol. The molecule has 3 aromatic heterocycles. The minimum atomic E-state index is -0.456. The maximum Gasteiger partial charge on any atom is 0.269 e. The number of aryl methyl sites for hydroxylation is 1. The van der Waals surface area contributed by atoms with Gasteiger partial charge in [-0.05, 0) is 32.0 Å². The Hall–Kier alpha value is -3.47. The van der Waals surface area contributed by atoms with Gasteiger partial charge in [0, 0.05) is 24.7 Å². The minimum absolute atomic E-state index is 0.00311. The third kappa shape index (κ3) is 3.63. The van der Waals surface area contributed by atoms with Crippen LogP contribution in [-0.4, -0.2) is 29.9 Å². The van der Waals surface area contributed by atoms with Gasteiger partial charge in [-0.2, -0.15) is 0 Å². The monoisotopic (exact) mass is 412 g/mol. The Morgan fingerprint density at radius 2 is 1.90 bits per heavy atom. The summed E-state index contributed by atoms with van der Waals surface area (Å²) in [7, 11) is 1.88. The highest BCUT2D eigenvalue weighted by Crippen LogP contribution is 2.35. The van der Waals surface area contributed by atoms with E-state index in [0.717, 1.165) is 11.3 Å². The molecule has 0 bridgehead atoms. The van der Waals surface area contributed by atoms with E-state index in [-0.39, 0.29) is 10.9 Å². The quantitative estimate of drug-likeness (QED) is 0.260. The molecule has 0 aliphatic carbocycles. The van der Waals surface area contributed by atoms with Crippen LogP contribution in [-0.2, 0) is 7.05 Å². The number of nitro groups is 1. The van der Waals surface area contributed by atoms with Gasteiger partial charge in [0.2, 0.25) is 11.8 Å². The predicted octanol–water partition coefficient (Wildman–Crippen LogP) is 4.20. The number of benzene rings is 1. The summed E-state index contributed by atoms with van der Waals surface area (Å²) in [6.45, 7) is 3.80. The molecule has 0 radical (unpaired) electrons. The normalized spacial score (nSPS) is 12.2. The predicted molar refractivity (Wildman–Crippen MR) is 104 cm³/mol. The van der Waals surface area contributed by atoms with E-state index < -0.39 is 4.92 Å². The molecule has 0 aliphatic rings. The molecule has 0 fully saturated rings. The first-order valence-electron chi connectivity index (χ1n) is 8.62. The van der Waals surface area contributed by atoms with Gasteiger partial charge in [0.25, 0.3) is 5.69 Å². The van der Waals surface area contributed by atoms with Crippen LogP contribution >= 0.6 is 11.8 Å². The largest absolute Gasteiger partial charge is 0.469 e. The third-order valence-electron chi connectivity index (χ3n) is 4.33. The Balaban J connectivity index is 1.51. The highest BCUT2D eigenvalue weighted by Gasteiger charge is 2.21. The van der Waals surface area contributed by atoms with Gasteiger partial charge in [0.05, 0.1) is 22.0 Å². The summed E-state index contributed by atoms with van der Waals surface area (Å²) >= 11 is 1.44. The zero-order valence-corrected chi connectivity index (χ0v) is 16.6. The SMILES string of the molecule is Cc1occc1-c1nnc(SC(C)c2nnc(-c3ccc([N+](=O)[O-])cc3)o2)n1C. The van der Waals surface area contributed by atoms with Gasteiger partial charge >= 0.3 is 0 Å². The zero-order valence-electron chi connectivity index (χ0n) is 15.8. The van der Waals surface area contributed by atoms with Crippen LogP contribution in [0.15, 0.2) is 50.6 Å². The second-order valence-electron chi connectivity index (χ2n) is 6.27. The first-order chi connectivity index (χ1) is 13.9. The maximum absolute atomic E-state index is 10.8. The fraction of sp³-hybridized carbons (Fsp3) is 0.222. The van der Waals surface area contributed by atoms with E-state index in [1.807, 2.05) is 31.5 Å². The summed E-state index contributed by atoms with van der Waals surface area (Å²) in [5.74, 6) is 2.21. The molecule has 0 saturated carbocycles. The average Bonchev–Trinajstić information content (AvgIpc) is 3.43. The Morgan fingerprint density at radius 3 is 2.55 bits per heavy atom. The lowest BCUT2D eigenvalue weighted by atomic mass is 10.2. The van der Waals surface area contributed by atoms with Crippen molar-refractivity contribution in [1.29, 1.82) is 0 Å². The van der Waals surface area contributed by atoms with Crippen molar-refractivity contribution in [3.05, 3.63) is 58.4 Å². The second kappa shape index (κ2) is 7.51. The van der Waals surface area contributed by atoms with E-state index in [4.69, 9.17) is 8.83 Å². The standard InChI is InChI=1S/C18H16N6O4S/c1-10-14(8-9-27-10)15-19-22-18(23(15)3)29-11(2)16-20-21-17(28-16)12-4-6-13(7-5-12)24(25)26/h4-9,11H,1-3H3. The van der Waals surface area contributed by atoms with Crippen molar-refractivity contribution in [3.63, 3.8) is 0 Å². The lowest BCUT2D eigenvalue weighted by molar-refractivity contribution is -0.384. The van der Waals surface area contributed by atoms with Crippen LogP contribution in [0.25, 0.3) is 22.8 Å². The Morgan fingerprint density at radius 1 is 1.14 bits per heavy atom. The molecule has 3 heterocycles. The molecule has 0 spiro atoms. The van der Waals surface area contributed by atoms with Crippen molar-refractivity contribution in [1.82, 2.24) is 25.0 Å². The lowest BCUT2D eigenvalue weighted by Gasteiger charge is -2.06. The number of rotatable bonds is 6. The summed E-state index contributed by atoms with van der Waals surface area (Å²) in [6.07, 6.45) is 1.62. The number of nitrogens with zero attached hydrogens (tertiary/aromatic N) is 6. The van der Waals surface area contributed by atoms with Crippen LogP contribution in [0.3, 0.4) is 0 Å². The minimum Gasteiger partial charge on any atom is -0.469 e. The van der Waals surface area contributed by atoms with Crippen molar-refractivity contribution in [2.24, 2.45) is 7.05 Å². The summed E-state index contributed by atoms with van der Waals surface area (Å²) in [5.41, 5.74) is 1.50. The molecule has 10 nitrogen and oxygen atoms in total. The Labute approximate surface area is 169 Å². The van der Waals surface area contributed by atoms with Crippen LogP contribution in [0.5, 0.6) is 0 Å². The molecule has 0 amide bonds. The molecular formula is C18H16N6O4S. The molecule has 0 aliphatic heterocycles. The van der Waals surface area contributed by atoms with E-state index in [1.54, 1.807) is 18.4 Å².